The van der Waals surface area contributed by atoms with Crippen molar-refractivity contribution in [3.63, 3.8) is 0 Å². The van der Waals surface area contributed by atoms with Crippen molar-refractivity contribution in [1.82, 2.24) is 0 Å². The van der Waals surface area contributed by atoms with Crippen LogP contribution < -0.4 is 0 Å². The first-order valence-corrected chi connectivity index (χ1v) is 6.30. The molecule has 0 amide bonds. The lowest BCUT2D eigenvalue weighted by Crippen LogP contribution is -2.33. The molecule has 0 spiro atoms. The van der Waals surface area contributed by atoms with Gasteiger partial charge in [0, 0.05) is 6.61 Å². The molecule has 2 aliphatic rings. The van der Waals surface area contributed by atoms with Crippen LogP contribution in [0.15, 0.2) is 0 Å². The summed E-state index contributed by atoms with van der Waals surface area (Å²) >= 11 is 0. The van der Waals surface area contributed by atoms with Crippen molar-refractivity contribution in [2.45, 2.75) is 64.0 Å². The van der Waals surface area contributed by atoms with E-state index in [0.717, 1.165) is 12.8 Å². The van der Waals surface area contributed by atoms with Gasteiger partial charge in [0.1, 0.15) is 18.3 Å². The Morgan fingerprint density at radius 3 is 2.65 bits per heavy atom. The number of rotatable bonds is 5. The molecule has 2 unspecified atom stereocenters. The molecule has 2 saturated heterocycles. The highest BCUT2D eigenvalue weighted by Crippen LogP contribution is 2.37. The third-order valence-corrected chi connectivity index (χ3v) is 3.05. The number of aliphatic hydroxyl groups excluding tert-OH is 1. The Balaban J connectivity index is 1.83. The predicted octanol–water partition coefficient (Wildman–Crippen LogP) is 1.04. The summed E-state index contributed by atoms with van der Waals surface area (Å²) in [5.41, 5.74) is 0. The maximum atomic E-state index is 9.72. The van der Waals surface area contributed by atoms with Gasteiger partial charge in [-0.2, -0.15) is 0 Å². The lowest BCUT2D eigenvalue weighted by Gasteiger charge is -2.22. The number of aliphatic hydroxyl groups is 1. The summed E-state index contributed by atoms with van der Waals surface area (Å²) in [5, 5.41) is 9.72. The molecular formula is C12H22O5. The molecule has 5 heteroatoms. The van der Waals surface area contributed by atoms with Gasteiger partial charge in [0.15, 0.2) is 12.1 Å². The van der Waals surface area contributed by atoms with Crippen molar-refractivity contribution < 1.29 is 24.1 Å². The van der Waals surface area contributed by atoms with Crippen molar-refractivity contribution in [3.05, 3.63) is 0 Å². The summed E-state index contributed by atoms with van der Waals surface area (Å²) in [4.78, 5) is 0. The van der Waals surface area contributed by atoms with Gasteiger partial charge in [0.2, 0.25) is 0 Å². The molecule has 0 aromatic carbocycles. The number of hydrogen-bond donors (Lipinski definition) is 1. The van der Waals surface area contributed by atoms with Gasteiger partial charge in [-0.25, -0.2) is 0 Å². The van der Waals surface area contributed by atoms with E-state index in [-0.39, 0.29) is 12.2 Å². The monoisotopic (exact) mass is 246 g/mol. The topological polar surface area (TPSA) is 57.2 Å². The van der Waals surface area contributed by atoms with Crippen LogP contribution in [0.3, 0.4) is 0 Å². The second-order valence-electron chi connectivity index (χ2n) is 5.06. The van der Waals surface area contributed by atoms with E-state index in [0.29, 0.717) is 13.2 Å². The smallest absolute Gasteiger partial charge is 0.184 e. The van der Waals surface area contributed by atoms with Crippen LogP contribution in [0.4, 0.5) is 0 Å². The van der Waals surface area contributed by atoms with E-state index in [2.05, 4.69) is 6.92 Å². The fourth-order valence-electron chi connectivity index (χ4n) is 2.24. The zero-order valence-electron chi connectivity index (χ0n) is 10.7. The van der Waals surface area contributed by atoms with E-state index >= 15 is 0 Å². The van der Waals surface area contributed by atoms with Gasteiger partial charge in [-0.15, -0.1) is 0 Å². The van der Waals surface area contributed by atoms with Crippen LogP contribution in [0.25, 0.3) is 0 Å². The Bertz CT molecular complexity index is 255. The molecule has 5 nitrogen and oxygen atoms in total. The zero-order valence-corrected chi connectivity index (χ0v) is 10.7. The second-order valence-corrected chi connectivity index (χ2v) is 5.06. The highest BCUT2D eigenvalue weighted by molar-refractivity contribution is 4.94. The molecule has 0 aromatic rings. The lowest BCUT2D eigenvalue weighted by atomic mass is 10.1. The van der Waals surface area contributed by atoms with Gasteiger partial charge in [-0.1, -0.05) is 13.3 Å². The maximum absolute atomic E-state index is 9.72. The fourth-order valence-corrected chi connectivity index (χ4v) is 2.24. The summed E-state index contributed by atoms with van der Waals surface area (Å²) < 4.78 is 22.2. The Morgan fingerprint density at radius 2 is 1.94 bits per heavy atom. The van der Waals surface area contributed by atoms with Crippen LogP contribution in [-0.4, -0.2) is 48.7 Å². The van der Waals surface area contributed by atoms with Crippen LogP contribution >= 0.6 is 0 Å². The summed E-state index contributed by atoms with van der Waals surface area (Å²) in [6.07, 6.45) is 0.348. The summed E-state index contributed by atoms with van der Waals surface area (Å²) in [7, 11) is 0. The zero-order chi connectivity index (χ0) is 12.5. The first kappa shape index (κ1) is 13.2. The SMILES string of the molecule is CCCCOC[C@H]1OC(O)[C@H]2OC(C)(C)OC21. The Kier molecular flexibility index (Phi) is 4.05. The van der Waals surface area contributed by atoms with Crippen molar-refractivity contribution in [1.29, 1.82) is 0 Å². The minimum absolute atomic E-state index is 0.235. The van der Waals surface area contributed by atoms with E-state index in [1.165, 1.54) is 0 Å². The molecule has 0 aromatic heterocycles. The minimum Gasteiger partial charge on any atom is -0.379 e. The average molecular weight is 246 g/mol. The Labute approximate surface area is 102 Å². The van der Waals surface area contributed by atoms with E-state index in [9.17, 15) is 5.11 Å². The number of ether oxygens (including phenoxy) is 4. The molecule has 0 saturated carbocycles. The third-order valence-electron chi connectivity index (χ3n) is 3.05. The Hall–Kier alpha value is -0.200. The van der Waals surface area contributed by atoms with E-state index in [1.807, 2.05) is 13.8 Å². The molecule has 0 bridgehead atoms. The van der Waals surface area contributed by atoms with Crippen molar-refractivity contribution in [2.75, 3.05) is 13.2 Å². The summed E-state index contributed by atoms with van der Waals surface area (Å²) in [6, 6.07) is 0. The van der Waals surface area contributed by atoms with E-state index < -0.39 is 18.2 Å². The van der Waals surface area contributed by atoms with Gasteiger partial charge < -0.3 is 24.1 Å². The molecule has 2 fully saturated rings. The third kappa shape index (κ3) is 2.98. The molecule has 2 rings (SSSR count). The molecule has 100 valence electrons. The first-order valence-electron chi connectivity index (χ1n) is 6.30. The number of hydrogen-bond acceptors (Lipinski definition) is 5. The molecule has 1 N–H and O–H groups in total. The standard InChI is InChI=1S/C12H22O5/c1-4-5-6-14-7-8-9-10(11(13)15-8)17-12(2,3)16-9/h8-11,13H,4-7H2,1-3H3/t8-,9?,10+,11?/m1/s1. The average Bonchev–Trinajstić information content (AvgIpc) is 2.70. The minimum atomic E-state index is -0.915. The largest absolute Gasteiger partial charge is 0.379 e. The molecule has 0 radical (unpaired) electrons. The van der Waals surface area contributed by atoms with Crippen LogP contribution in [-0.2, 0) is 18.9 Å². The molecule has 17 heavy (non-hydrogen) atoms. The van der Waals surface area contributed by atoms with Crippen LogP contribution in [0.1, 0.15) is 33.6 Å². The summed E-state index contributed by atoms with van der Waals surface area (Å²) in [6.45, 7) is 6.96. The van der Waals surface area contributed by atoms with Crippen LogP contribution in [0.2, 0.25) is 0 Å². The normalized spacial score (nSPS) is 39.5. The van der Waals surface area contributed by atoms with Gasteiger partial charge in [-0.05, 0) is 20.3 Å². The van der Waals surface area contributed by atoms with Crippen molar-refractivity contribution in [2.24, 2.45) is 0 Å². The molecule has 4 atom stereocenters. The first-order chi connectivity index (χ1) is 8.03. The van der Waals surface area contributed by atoms with E-state index in [4.69, 9.17) is 18.9 Å². The predicted molar refractivity (Wildman–Crippen MR) is 60.4 cm³/mol. The van der Waals surface area contributed by atoms with Crippen molar-refractivity contribution >= 4 is 0 Å². The van der Waals surface area contributed by atoms with E-state index in [1.54, 1.807) is 0 Å². The van der Waals surface area contributed by atoms with Gasteiger partial charge in [0.05, 0.1) is 6.61 Å². The van der Waals surface area contributed by atoms with Crippen molar-refractivity contribution in [3.8, 4) is 0 Å². The summed E-state index contributed by atoms with van der Waals surface area (Å²) in [5.74, 6) is -0.651. The highest BCUT2D eigenvalue weighted by Gasteiger charge is 2.54. The highest BCUT2D eigenvalue weighted by atomic mass is 16.8. The van der Waals surface area contributed by atoms with Gasteiger partial charge >= 0.3 is 0 Å². The molecule has 0 aliphatic carbocycles. The second kappa shape index (κ2) is 5.20. The lowest BCUT2D eigenvalue weighted by molar-refractivity contribution is -0.225. The molecular weight excluding hydrogens is 224 g/mol. The fraction of sp³-hybridized carbons (Fsp3) is 1.00. The maximum Gasteiger partial charge on any atom is 0.184 e. The molecule has 2 aliphatic heterocycles. The van der Waals surface area contributed by atoms with Crippen LogP contribution in [0, 0.1) is 0 Å². The van der Waals surface area contributed by atoms with Gasteiger partial charge in [-0.3, -0.25) is 0 Å². The Morgan fingerprint density at radius 1 is 1.24 bits per heavy atom. The van der Waals surface area contributed by atoms with Crippen LogP contribution in [0.5, 0.6) is 0 Å². The quantitative estimate of drug-likeness (QED) is 0.735. The number of unbranched alkanes of at least 4 members (excludes halogenated alkanes) is 1. The van der Waals surface area contributed by atoms with Gasteiger partial charge in [0.25, 0.3) is 0 Å². The molecule has 2 heterocycles. The number of fused-ring (bicyclic) bond motifs is 1.